The van der Waals surface area contributed by atoms with Gasteiger partial charge in [0, 0.05) is 37.2 Å². The minimum absolute atomic E-state index is 0.137. The van der Waals surface area contributed by atoms with Crippen molar-refractivity contribution in [3.05, 3.63) is 52.7 Å². The lowest BCUT2D eigenvalue weighted by molar-refractivity contribution is -0.119. The summed E-state index contributed by atoms with van der Waals surface area (Å²) < 4.78 is 5.83. The average molecular weight is 415 g/mol. The maximum Gasteiger partial charge on any atom is 0.226 e. The highest BCUT2D eigenvalue weighted by Gasteiger charge is 2.28. The molecular formula is C23H30N2O3S. The summed E-state index contributed by atoms with van der Waals surface area (Å²) in [7, 11) is 0. The lowest BCUT2D eigenvalue weighted by Crippen LogP contribution is -2.48. The van der Waals surface area contributed by atoms with Crippen molar-refractivity contribution in [2.75, 3.05) is 31.3 Å². The molecule has 1 aliphatic heterocycles. The van der Waals surface area contributed by atoms with Crippen LogP contribution < -0.4 is 4.90 Å². The van der Waals surface area contributed by atoms with Crippen molar-refractivity contribution < 1.29 is 14.3 Å². The van der Waals surface area contributed by atoms with Crippen LogP contribution in [-0.2, 0) is 9.53 Å². The van der Waals surface area contributed by atoms with E-state index in [1.54, 1.807) is 0 Å². The molecular weight excluding hydrogens is 384 g/mol. The van der Waals surface area contributed by atoms with Crippen LogP contribution in [0.2, 0.25) is 0 Å². The Hall–Kier alpha value is -2.02. The van der Waals surface area contributed by atoms with Gasteiger partial charge in [-0.1, -0.05) is 38.1 Å². The first-order chi connectivity index (χ1) is 14.1. The molecule has 1 saturated heterocycles. The molecule has 1 aliphatic rings. The lowest BCUT2D eigenvalue weighted by Gasteiger charge is -2.38. The van der Waals surface area contributed by atoms with E-state index in [1.807, 2.05) is 66.6 Å². The van der Waals surface area contributed by atoms with E-state index in [-0.39, 0.29) is 23.7 Å². The largest absolute Gasteiger partial charge is 0.365 e. The highest BCUT2D eigenvalue weighted by Crippen LogP contribution is 2.24. The number of para-hydroxylation sites is 1. The first-order valence-corrected chi connectivity index (χ1v) is 11.2. The molecule has 1 amide bonds. The van der Waals surface area contributed by atoms with Crippen molar-refractivity contribution in [1.82, 2.24) is 4.90 Å². The molecule has 2 aromatic rings. The predicted octanol–water partition coefficient (Wildman–Crippen LogP) is 4.45. The molecule has 1 fully saturated rings. The zero-order chi connectivity index (χ0) is 20.6. The topological polar surface area (TPSA) is 49.9 Å². The number of likely N-dealkylation sites (tertiary alicyclic amines) is 1. The normalized spacial score (nSPS) is 16.5. The van der Waals surface area contributed by atoms with Gasteiger partial charge in [0.15, 0.2) is 5.78 Å². The number of piperidine rings is 1. The molecule has 0 aliphatic carbocycles. The van der Waals surface area contributed by atoms with E-state index in [0.29, 0.717) is 19.8 Å². The van der Waals surface area contributed by atoms with Crippen LogP contribution in [0.15, 0.2) is 47.8 Å². The van der Waals surface area contributed by atoms with E-state index in [1.165, 1.54) is 11.3 Å². The predicted molar refractivity (Wildman–Crippen MR) is 117 cm³/mol. The summed E-state index contributed by atoms with van der Waals surface area (Å²) in [5.74, 6) is 0.184. The highest BCUT2D eigenvalue weighted by molar-refractivity contribution is 7.12. The van der Waals surface area contributed by atoms with Crippen molar-refractivity contribution in [2.45, 2.75) is 39.2 Å². The van der Waals surface area contributed by atoms with E-state index in [9.17, 15) is 9.59 Å². The average Bonchev–Trinajstić information content (AvgIpc) is 3.30. The van der Waals surface area contributed by atoms with Crippen molar-refractivity contribution in [2.24, 2.45) is 5.92 Å². The number of ketones is 1. The zero-order valence-electron chi connectivity index (χ0n) is 17.3. The number of benzene rings is 1. The van der Waals surface area contributed by atoms with Gasteiger partial charge in [0.1, 0.15) is 0 Å². The molecule has 0 bridgehead atoms. The third-order valence-corrected chi connectivity index (χ3v) is 6.27. The molecule has 1 atom stereocenters. The van der Waals surface area contributed by atoms with Crippen LogP contribution in [-0.4, -0.2) is 49.1 Å². The number of thiophene rings is 1. The van der Waals surface area contributed by atoms with Gasteiger partial charge in [-0.05, 0) is 36.4 Å². The van der Waals surface area contributed by atoms with Gasteiger partial charge in [-0.25, -0.2) is 0 Å². The number of Topliss-reactive ketones (excluding diaryl/α,β-unsaturated/α-hetero) is 1. The van der Waals surface area contributed by atoms with Gasteiger partial charge in [0.05, 0.1) is 18.2 Å². The number of nitrogens with zero attached hydrogens (tertiary/aromatic N) is 2. The summed E-state index contributed by atoms with van der Waals surface area (Å²) >= 11 is 1.48. The lowest BCUT2D eigenvalue weighted by atomic mass is 10.0. The maximum atomic E-state index is 12.6. The van der Waals surface area contributed by atoms with E-state index < -0.39 is 0 Å². The van der Waals surface area contributed by atoms with Crippen LogP contribution in [0.4, 0.5) is 5.69 Å². The Morgan fingerprint density at radius 3 is 2.52 bits per heavy atom. The van der Waals surface area contributed by atoms with Crippen molar-refractivity contribution in [1.29, 1.82) is 0 Å². The van der Waals surface area contributed by atoms with Crippen LogP contribution in [0, 0.1) is 5.92 Å². The van der Waals surface area contributed by atoms with Gasteiger partial charge < -0.3 is 9.64 Å². The Morgan fingerprint density at radius 1 is 1.17 bits per heavy atom. The zero-order valence-corrected chi connectivity index (χ0v) is 18.1. The van der Waals surface area contributed by atoms with E-state index in [2.05, 4.69) is 4.90 Å². The maximum absolute atomic E-state index is 12.6. The number of carbonyl (C=O) groups is 2. The summed E-state index contributed by atoms with van der Waals surface area (Å²) in [4.78, 5) is 29.9. The minimum Gasteiger partial charge on any atom is -0.365 e. The molecule has 5 nitrogen and oxygen atoms in total. The molecule has 1 aromatic carbocycles. The van der Waals surface area contributed by atoms with E-state index in [0.717, 1.165) is 36.5 Å². The van der Waals surface area contributed by atoms with Crippen LogP contribution >= 0.6 is 11.3 Å². The summed E-state index contributed by atoms with van der Waals surface area (Å²) in [5.41, 5.74) is 0.981. The van der Waals surface area contributed by atoms with E-state index in [4.69, 9.17) is 4.74 Å². The highest BCUT2D eigenvalue weighted by atomic mass is 32.1. The molecule has 1 unspecified atom stereocenters. The number of carbonyl (C=O) groups excluding carboxylic acids is 2. The van der Waals surface area contributed by atoms with Crippen LogP contribution in [0.25, 0.3) is 0 Å². The number of rotatable bonds is 9. The van der Waals surface area contributed by atoms with Gasteiger partial charge >= 0.3 is 0 Å². The molecule has 6 heteroatoms. The molecule has 3 rings (SSSR count). The molecule has 0 N–H and O–H groups in total. The van der Waals surface area contributed by atoms with Gasteiger partial charge in [0.2, 0.25) is 5.91 Å². The Morgan fingerprint density at radius 2 is 1.90 bits per heavy atom. The number of amides is 1. The molecule has 156 valence electrons. The van der Waals surface area contributed by atoms with Crippen LogP contribution in [0.1, 0.15) is 42.8 Å². The third kappa shape index (κ3) is 5.75. The van der Waals surface area contributed by atoms with Gasteiger partial charge in [-0.3, -0.25) is 14.5 Å². The molecule has 29 heavy (non-hydrogen) atoms. The first-order valence-electron chi connectivity index (χ1n) is 10.3. The molecule has 0 radical (unpaired) electrons. The standard InChI is InChI=1S/C23H30N2O3S/c1-3-22(26)25(19-8-5-4-6-9-19)20-11-13-24(14-12-20)17-28-16-18(2)23(27)21-10-7-15-29-21/h4-10,15,18,20H,3,11-14,16-17H2,1-2H3. The monoisotopic (exact) mass is 414 g/mol. The van der Waals surface area contributed by atoms with Crippen LogP contribution in [0.5, 0.6) is 0 Å². The van der Waals surface area contributed by atoms with E-state index >= 15 is 0 Å². The molecule has 2 heterocycles. The summed E-state index contributed by atoms with van der Waals surface area (Å²) in [6.07, 6.45) is 2.36. The smallest absolute Gasteiger partial charge is 0.226 e. The Balaban J connectivity index is 1.46. The second kappa shape index (κ2) is 10.7. The van der Waals surface area contributed by atoms with Crippen molar-refractivity contribution in [3.8, 4) is 0 Å². The fourth-order valence-corrected chi connectivity index (χ4v) is 4.50. The minimum atomic E-state index is -0.137. The molecule has 1 aromatic heterocycles. The molecule has 0 spiro atoms. The Labute approximate surface area is 177 Å². The third-order valence-electron chi connectivity index (χ3n) is 5.38. The SMILES string of the molecule is CCC(=O)N(c1ccccc1)C1CCN(COCC(C)C(=O)c2cccs2)CC1. The summed E-state index contributed by atoms with van der Waals surface area (Å²) in [6, 6.07) is 13.9. The number of ether oxygens (including phenoxy) is 1. The fourth-order valence-electron chi connectivity index (χ4n) is 3.72. The fraction of sp³-hybridized carbons (Fsp3) is 0.478. The first kappa shape index (κ1) is 21.7. The molecule has 0 saturated carbocycles. The van der Waals surface area contributed by atoms with Crippen molar-refractivity contribution in [3.63, 3.8) is 0 Å². The number of hydrogen-bond acceptors (Lipinski definition) is 5. The number of anilines is 1. The van der Waals surface area contributed by atoms with Gasteiger partial charge in [-0.2, -0.15) is 0 Å². The Kier molecular flexibility index (Phi) is 7.98. The second-order valence-corrected chi connectivity index (χ2v) is 8.49. The van der Waals surface area contributed by atoms with Gasteiger partial charge in [-0.15, -0.1) is 11.3 Å². The number of hydrogen-bond donors (Lipinski definition) is 0. The summed E-state index contributed by atoms with van der Waals surface area (Å²) in [5, 5.41) is 1.92. The second-order valence-electron chi connectivity index (χ2n) is 7.54. The Bertz CT molecular complexity index is 771. The van der Waals surface area contributed by atoms with Crippen LogP contribution in [0.3, 0.4) is 0 Å². The van der Waals surface area contributed by atoms with Crippen molar-refractivity contribution >= 4 is 28.7 Å². The quantitative estimate of drug-likeness (QED) is 0.569. The summed E-state index contributed by atoms with van der Waals surface area (Å²) in [6.45, 7) is 6.57. The van der Waals surface area contributed by atoms with Gasteiger partial charge in [0.25, 0.3) is 0 Å².